The van der Waals surface area contributed by atoms with E-state index in [1.165, 1.54) is 6.42 Å². The molecule has 6 fully saturated rings. The first-order valence-electron chi connectivity index (χ1n) is 13.9. The van der Waals surface area contributed by atoms with Crippen molar-refractivity contribution in [1.29, 1.82) is 0 Å². The Morgan fingerprint density at radius 2 is 1.77 bits per heavy atom. The summed E-state index contributed by atoms with van der Waals surface area (Å²) in [6, 6.07) is 0. The highest BCUT2D eigenvalue weighted by atomic mass is 16.6. The Kier molecular flexibility index (Phi) is 5.00. The SMILES string of the molecule is C=C([C@@H]1CC=C(C)C(=O)O1)[C@@H]1CC[C@]2(C)[C@@H]1CC[C@@H]1[C@@]34CO[C@](O)([C@@H](O)C3)C(C)(C)[C@@H]4CC[C@]12C. The van der Waals surface area contributed by atoms with Crippen LogP contribution in [0, 0.1) is 45.3 Å². The van der Waals surface area contributed by atoms with Crippen LogP contribution in [0.2, 0.25) is 0 Å². The molecule has 0 radical (unpaired) electrons. The number of hydrogen-bond acceptors (Lipinski definition) is 5. The van der Waals surface area contributed by atoms with Gasteiger partial charge in [-0.25, -0.2) is 4.79 Å². The van der Waals surface area contributed by atoms with E-state index in [1.54, 1.807) is 0 Å². The number of rotatable bonds is 2. The fourth-order valence-corrected chi connectivity index (χ4v) is 10.8. The molecule has 3 heterocycles. The van der Waals surface area contributed by atoms with E-state index in [1.807, 2.05) is 13.0 Å². The molecular formula is C30H44O5. The number of ether oxygens (including phenoxy) is 2. The zero-order valence-corrected chi connectivity index (χ0v) is 22.2. The van der Waals surface area contributed by atoms with Gasteiger partial charge in [-0.2, -0.15) is 0 Å². The number of carbonyl (C=O) groups excluding carboxylic acids is 1. The summed E-state index contributed by atoms with van der Waals surface area (Å²) in [4.78, 5) is 12.2. The lowest BCUT2D eigenvalue weighted by molar-refractivity contribution is -0.428. The van der Waals surface area contributed by atoms with Crippen LogP contribution in [0.5, 0.6) is 0 Å². The van der Waals surface area contributed by atoms with Crippen LogP contribution in [0.3, 0.4) is 0 Å². The molecule has 2 bridgehead atoms. The minimum absolute atomic E-state index is 0.0787. The van der Waals surface area contributed by atoms with Gasteiger partial charge < -0.3 is 19.7 Å². The summed E-state index contributed by atoms with van der Waals surface area (Å²) < 4.78 is 12.0. The molecule has 3 aliphatic heterocycles. The fraction of sp³-hybridized carbons (Fsp3) is 0.833. The minimum atomic E-state index is -1.44. The summed E-state index contributed by atoms with van der Waals surface area (Å²) >= 11 is 0. The lowest BCUT2D eigenvalue weighted by Gasteiger charge is -2.74. The number of hydrogen-bond donors (Lipinski definition) is 2. The first-order chi connectivity index (χ1) is 16.3. The summed E-state index contributed by atoms with van der Waals surface area (Å²) in [7, 11) is 0. The lowest BCUT2D eigenvalue weighted by atomic mass is 9.34. The molecule has 0 aromatic rings. The molecule has 7 rings (SSSR count). The molecule has 0 aromatic heterocycles. The van der Waals surface area contributed by atoms with Gasteiger partial charge in [-0.05, 0) is 91.9 Å². The molecule has 4 aliphatic carbocycles. The van der Waals surface area contributed by atoms with Crippen molar-refractivity contribution in [3.8, 4) is 0 Å². The Labute approximate surface area is 210 Å². The molecule has 5 nitrogen and oxygen atoms in total. The number of cyclic esters (lactones) is 1. The maximum Gasteiger partial charge on any atom is 0.333 e. The smallest absolute Gasteiger partial charge is 0.333 e. The van der Waals surface area contributed by atoms with Crippen molar-refractivity contribution in [1.82, 2.24) is 0 Å². The number of fused-ring (bicyclic) bond motifs is 5. The molecule has 0 unspecified atom stereocenters. The summed E-state index contributed by atoms with van der Waals surface area (Å²) in [5, 5.41) is 22.5. The van der Waals surface area contributed by atoms with Crippen LogP contribution >= 0.6 is 0 Å². The van der Waals surface area contributed by atoms with Crippen LogP contribution in [0.25, 0.3) is 0 Å². The largest absolute Gasteiger partial charge is 0.454 e. The highest BCUT2D eigenvalue weighted by Crippen LogP contribution is 2.77. The van der Waals surface area contributed by atoms with Crippen molar-refractivity contribution in [2.75, 3.05) is 6.61 Å². The lowest BCUT2D eigenvalue weighted by Crippen LogP contribution is -2.77. The second kappa shape index (κ2) is 7.23. The number of aliphatic hydroxyl groups excluding tert-OH is 1. The van der Waals surface area contributed by atoms with E-state index in [0.29, 0.717) is 42.3 Å². The average Bonchev–Trinajstić information content (AvgIpc) is 3.15. The van der Waals surface area contributed by atoms with E-state index >= 15 is 0 Å². The van der Waals surface area contributed by atoms with E-state index < -0.39 is 17.3 Å². The third kappa shape index (κ3) is 2.73. The monoisotopic (exact) mass is 484 g/mol. The van der Waals surface area contributed by atoms with Crippen LogP contribution in [0.4, 0.5) is 0 Å². The highest BCUT2D eigenvalue weighted by Gasteiger charge is 2.76. The van der Waals surface area contributed by atoms with Crippen molar-refractivity contribution < 1.29 is 24.5 Å². The van der Waals surface area contributed by atoms with E-state index in [9.17, 15) is 15.0 Å². The standard InChI is InChI=1S/C30H44O5/c1-17-7-9-21(35-25(17)32)18(2)19-11-13-27(5)20(19)8-10-23-28(27,6)14-12-22-26(3,4)30(33)24(31)15-29(22,23)16-34-30/h7,19-24,31,33H,2,8-16H2,1,3-6H3/t19-,20+,21-,22-,23-,24-,27+,28+,29+,30+/m0/s1. The van der Waals surface area contributed by atoms with Gasteiger partial charge in [0.2, 0.25) is 0 Å². The molecule has 2 saturated heterocycles. The molecule has 2 N–H and O–H groups in total. The van der Waals surface area contributed by atoms with Gasteiger partial charge in [0.15, 0.2) is 5.79 Å². The third-order valence-corrected chi connectivity index (χ3v) is 12.9. The van der Waals surface area contributed by atoms with Gasteiger partial charge in [0.1, 0.15) is 12.2 Å². The summed E-state index contributed by atoms with van der Waals surface area (Å²) in [6.45, 7) is 16.2. The molecule has 4 saturated carbocycles. The number of carbonyl (C=O) groups is 1. The van der Waals surface area contributed by atoms with Crippen LogP contribution in [0.1, 0.15) is 86.0 Å². The quantitative estimate of drug-likeness (QED) is 0.418. The van der Waals surface area contributed by atoms with E-state index in [4.69, 9.17) is 9.47 Å². The highest BCUT2D eigenvalue weighted by molar-refractivity contribution is 5.88. The second-order valence-corrected chi connectivity index (χ2v) is 14.1. The first-order valence-corrected chi connectivity index (χ1v) is 13.9. The Morgan fingerprint density at radius 3 is 2.46 bits per heavy atom. The summed E-state index contributed by atoms with van der Waals surface area (Å²) in [6.07, 6.45) is 9.17. The van der Waals surface area contributed by atoms with Gasteiger partial charge >= 0.3 is 5.97 Å². The van der Waals surface area contributed by atoms with E-state index in [0.717, 1.165) is 44.1 Å². The summed E-state index contributed by atoms with van der Waals surface area (Å²) in [5.74, 6) is 0.121. The van der Waals surface area contributed by atoms with Crippen LogP contribution in [-0.4, -0.2) is 40.8 Å². The van der Waals surface area contributed by atoms with Crippen LogP contribution in [-0.2, 0) is 14.3 Å². The molecule has 0 aromatic carbocycles. The van der Waals surface area contributed by atoms with Crippen molar-refractivity contribution >= 4 is 5.97 Å². The third-order valence-electron chi connectivity index (χ3n) is 12.9. The Balaban J connectivity index is 1.32. The normalized spacial score (nSPS) is 54.3. The predicted octanol–water partition coefficient (Wildman–Crippen LogP) is 5.16. The molecule has 7 aliphatic rings. The number of esters is 1. The second-order valence-electron chi connectivity index (χ2n) is 14.1. The topological polar surface area (TPSA) is 76.0 Å². The van der Waals surface area contributed by atoms with Crippen LogP contribution < -0.4 is 0 Å². The molecule has 10 atom stereocenters. The van der Waals surface area contributed by atoms with Gasteiger partial charge in [0.25, 0.3) is 0 Å². The van der Waals surface area contributed by atoms with Gasteiger partial charge in [-0.1, -0.05) is 40.3 Å². The molecule has 35 heavy (non-hydrogen) atoms. The molecule has 0 amide bonds. The van der Waals surface area contributed by atoms with E-state index in [2.05, 4.69) is 34.3 Å². The van der Waals surface area contributed by atoms with Gasteiger partial charge in [-0.3, -0.25) is 0 Å². The predicted molar refractivity (Wildman–Crippen MR) is 133 cm³/mol. The minimum Gasteiger partial charge on any atom is -0.454 e. The maximum absolute atomic E-state index is 12.2. The van der Waals surface area contributed by atoms with Gasteiger partial charge in [0, 0.05) is 22.8 Å². The van der Waals surface area contributed by atoms with Gasteiger partial charge in [-0.15, -0.1) is 0 Å². The van der Waals surface area contributed by atoms with Crippen molar-refractivity contribution in [3.63, 3.8) is 0 Å². The van der Waals surface area contributed by atoms with E-state index in [-0.39, 0.29) is 28.3 Å². The Hall–Kier alpha value is -1.17. The van der Waals surface area contributed by atoms with Crippen molar-refractivity contribution in [3.05, 3.63) is 23.8 Å². The van der Waals surface area contributed by atoms with Crippen molar-refractivity contribution in [2.24, 2.45) is 45.3 Å². The number of aliphatic hydroxyl groups is 2. The van der Waals surface area contributed by atoms with Crippen molar-refractivity contribution in [2.45, 2.75) is 104 Å². The zero-order valence-electron chi connectivity index (χ0n) is 22.2. The van der Waals surface area contributed by atoms with Gasteiger partial charge in [0.05, 0.1) is 6.61 Å². The molecule has 194 valence electrons. The Morgan fingerprint density at radius 1 is 1.06 bits per heavy atom. The summed E-state index contributed by atoms with van der Waals surface area (Å²) in [5.41, 5.74) is 1.59. The molecular weight excluding hydrogens is 440 g/mol. The fourth-order valence-electron chi connectivity index (χ4n) is 10.8. The Bertz CT molecular complexity index is 999. The zero-order chi connectivity index (χ0) is 25.2. The maximum atomic E-state index is 12.2. The average molecular weight is 485 g/mol. The first kappa shape index (κ1) is 24.2. The molecule has 1 spiro atoms. The molecule has 5 heteroatoms. The van der Waals surface area contributed by atoms with Crippen LogP contribution in [0.15, 0.2) is 23.8 Å².